The second-order valence-electron chi connectivity index (χ2n) is 4.49. The van der Waals surface area contributed by atoms with Crippen LogP contribution >= 0.6 is 0 Å². The van der Waals surface area contributed by atoms with Crippen molar-refractivity contribution in [3.05, 3.63) is 0 Å². The van der Waals surface area contributed by atoms with Crippen LogP contribution in [-0.4, -0.2) is 48.8 Å². The van der Waals surface area contributed by atoms with Gasteiger partial charge in [-0.25, -0.2) is 0 Å². The summed E-state index contributed by atoms with van der Waals surface area (Å²) < 4.78 is 10.4. The normalized spacial score (nSPS) is 23.5. The van der Waals surface area contributed by atoms with E-state index in [9.17, 15) is 4.79 Å². The molecular weight excluding hydrogens is 194 g/mol. The third-order valence-corrected chi connectivity index (χ3v) is 2.80. The van der Waals surface area contributed by atoms with Crippen molar-refractivity contribution in [1.29, 1.82) is 0 Å². The summed E-state index contributed by atoms with van der Waals surface area (Å²) in [6, 6.07) is -0.191. The van der Waals surface area contributed by atoms with Gasteiger partial charge in [0, 0.05) is 12.1 Å². The summed E-state index contributed by atoms with van der Waals surface area (Å²) >= 11 is 0. The molecule has 0 aliphatic carbocycles. The largest absolute Gasteiger partial charge is 0.465 e. The van der Waals surface area contributed by atoms with E-state index in [4.69, 9.17) is 9.47 Å². The first-order valence-corrected chi connectivity index (χ1v) is 5.50. The van der Waals surface area contributed by atoms with E-state index in [1.807, 2.05) is 13.8 Å². The minimum Gasteiger partial charge on any atom is -0.465 e. The quantitative estimate of drug-likeness (QED) is 0.660. The van der Waals surface area contributed by atoms with Crippen molar-refractivity contribution < 1.29 is 14.3 Å². The summed E-state index contributed by atoms with van der Waals surface area (Å²) in [6.07, 6.45) is 0. The lowest BCUT2D eigenvalue weighted by Gasteiger charge is -2.44. The molecule has 0 N–H and O–H groups in total. The zero-order chi connectivity index (χ0) is 11.5. The fourth-order valence-electron chi connectivity index (χ4n) is 1.98. The van der Waals surface area contributed by atoms with Crippen molar-refractivity contribution >= 4 is 5.97 Å². The van der Waals surface area contributed by atoms with Crippen LogP contribution in [0.4, 0.5) is 0 Å². The maximum atomic E-state index is 11.6. The van der Waals surface area contributed by atoms with E-state index < -0.39 is 0 Å². The first-order chi connectivity index (χ1) is 6.99. The maximum absolute atomic E-state index is 11.6. The molecule has 1 rings (SSSR count). The van der Waals surface area contributed by atoms with E-state index in [1.54, 1.807) is 0 Å². The van der Waals surface area contributed by atoms with Crippen LogP contribution in [0, 0.1) is 0 Å². The molecule has 1 aliphatic heterocycles. The maximum Gasteiger partial charge on any atom is 0.323 e. The highest BCUT2D eigenvalue weighted by molar-refractivity contribution is 5.75. The van der Waals surface area contributed by atoms with Crippen LogP contribution in [-0.2, 0) is 14.3 Å². The predicted molar refractivity (Wildman–Crippen MR) is 57.7 cm³/mol. The van der Waals surface area contributed by atoms with Gasteiger partial charge in [-0.3, -0.25) is 9.69 Å². The summed E-state index contributed by atoms with van der Waals surface area (Å²) in [5.41, 5.74) is -0.0928. The second-order valence-corrected chi connectivity index (χ2v) is 4.49. The van der Waals surface area contributed by atoms with Gasteiger partial charge in [-0.05, 0) is 27.7 Å². The van der Waals surface area contributed by atoms with Crippen molar-refractivity contribution in [2.45, 2.75) is 39.3 Å². The first-order valence-electron chi connectivity index (χ1n) is 5.50. The Kier molecular flexibility index (Phi) is 4.11. The molecule has 0 radical (unpaired) electrons. The SMILES string of the molecule is CCOC(=O)C(C)N1CCOCC1(C)C. The lowest BCUT2D eigenvalue weighted by Crippen LogP contribution is -2.58. The van der Waals surface area contributed by atoms with Gasteiger partial charge in [-0.1, -0.05) is 0 Å². The molecule has 4 nitrogen and oxygen atoms in total. The Morgan fingerprint density at radius 1 is 1.60 bits per heavy atom. The number of hydrogen-bond acceptors (Lipinski definition) is 4. The van der Waals surface area contributed by atoms with Crippen molar-refractivity contribution in [3.63, 3.8) is 0 Å². The Balaban J connectivity index is 2.64. The molecule has 1 aliphatic rings. The average molecular weight is 215 g/mol. The van der Waals surface area contributed by atoms with E-state index in [-0.39, 0.29) is 17.6 Å². The van der Waals surface area contributed by atoms with Crippen molar-refractivity contribution in [2.75, 3.05) is 26.4 Å². The van der Waals surface area contributed by atoms with Gasteiger partial charge in [-0.2, -0.15) is 0 Å². The van der Waals surface area contributed by atoms with Crippen LogP contribution < -0.4 is 0 Å². The number of esters is 1. The van der Waals surface area contributed by atoms with Gasteiger partial charge in [0.25, 0.3) is 0 Å². The van der Waals surface area contributed by atoms with Gasteiger partial charge in [0.1, 0.15) is 6.04 Å². The predicted octanol–water partition coefficient (Wildman–Crippen LogP) is 1.05. The Morgan fingerprint density at radius 3 is 2.80 bits per heavy atom. The summed E-state index contributed by atoms with van der Waals surface area (Å²) in [5.74, 6) is -0.146. The Hall–Kier alpha value is -0.610. The summed E-state index contributed by atoms with van der Waals surface area (Å²) in [6.45, 7) is 10.5. The number of rotatable bonds is 3. The van der Waals surface area contributed by atoms with Crippen molar-refractivity contribution in [1.82, 2.24) is 4.90 Å². The molecule has 1 atom stereocenters. The third-order valence-electron chi connectivity index (χ3n) is 2.80. The molecule has 1 saturated heterocycles. The summed E-state index contributed by atoms with van der Waals surface area (Å²) in [5, 5.41) is 0. The highest BCUT2D eigenvalue weighted by atomic mass is 16.5. The van der Waals surface area contributed by atoms with Gasteiger partial charge < -0.3 is 9.47 Å². The van der Waals surface area contributed by atoms with Gasteiger partial charge in [-0.15, -0.1) is 0 Å². The van der Waals surface area contributed by atoms with Crippen LogP contribution in [0.5, 0.6) is 0 Å². The number of hydrogen-bond donors (Lipinski definition) is 0. The molecular formula is C11H21NO3. The number of nitrogens with zero attached hydrogens (tertiary/aromatic N) is 1. The summed E-state index contributed by atoms with van der Waals surface area (Å²) in [7, 11) is 0. The molecule has 0 spiro atoms. The highest BCUT2D eigenvalue weighted by Gasteiger charge is 2.36. The van der Waals surface area contributed by atoms with Crippen molar-refractivity contribution in [3.8, 4) is 0 Å². The molecule has 1 heterocycles. The number of morpholine rings is 1. The number of ether oxygens (including phenoxy) is 2. The fraction of sp³-hybridized carbons (Fsp3) is 0.909. The minimum absolute atomic E-state index is 0.0928. The van der Waals surface area contributed by atoms with Crippen LogP contribution in [0.15, 0.2) is 0 Å². The molecule has 88 valence electrons. The minimum atomic E-state index is -0.191. The van der Waals surface area contributed by atoms with E-state index >= 15 is 0 Å². The van der Waals surface area contributed by atoms with Gasteiger partial charge in [0.15, 0.2) is 0 Å². The van der Waals surface area contributed by atoms with Gasteiger partial charge >= 0.3 is 5.97 Å². The summed E-state index contributed by atoms with van der Waals surface area (Å²) in [4.78, 5) is 13.8. The van der Waals surface area contributed by atoms with Crippen LogP contribution in [0.25, 0.3) is 0 Å². The van der Waals surface area contributed by atoms with E-state index in [2.05, 4.69) is 18.7 Å². The number of carbonyl (C=O) groups excluding carboxylic acids is 1. The van der Waals surface area contributed by atoms with Crippen LogP contribution in [0.2, 0.25) is 0 Å². The average Bonchev–Trinajstić information content (AvgIpc) is 2.16. The molecule has 4 heteroatoms. The van der Waals surface area contributed by atoms with Gasteiger partial charge in [0.2, 0.25) is 0 Å². The van der Waals surface area contributed by atoms with Crippen LogP contribution in [0.3, 0.4) is 0 Å². The molecule has 0 amide bonds. The van der Waals surface area contributed by atoms with Gasteiger partial charge in [0.05, 0.1) is 19.8 Å². The van der Waals surface area contributed by atoms with E-state index in [0.717, 1.165) is 6.54 Å². The highest BCUT2D eigenvalue weighted by Crippen LogP contribution is 2.22. The molecule has 0 aromatic heterocycles. The number of carbonyl (C=O) groups is 1. The molecule has 1 fully saturated rings. The Bertz CT molecular complexity index is 228. The lowest BCUT2D eigenvalue weighted by molar-refractivity contribution is -0.156. The zero-order valence-electron chi connectivity index (χ0n) is 10.1. The standard InChI is InChI=1S/C11H21NO3/c1-5-15-10(13)9(2)12-6-7-14-8-11(12,3)4/h9H,5-8H2,1-4H3. The third kappa shape index (κ3) is 2.92. The Labute approximate surface area is 91.5 Å². The molecule has 0 aromatic carbocycles. The molecule has 0 aromatic rings. The van der Waals surface area contributed by atoms with E-state index in [1.165, 1.54) is 0 Å². The van der Waals surface area contributed by atoms with Crippen molar-refractivity contribution in [2.24, 2.45) is 0 Å². The molecule has 0 saturated carbocycles. The second kappa shape index (κ2) is 4.94. The van der Waals surface area contributed by atoms with Crippen LogP contribution in [0.1, 0.15) is 27.7 Å². The molecule has 15 heavy (non-hydrogen) atoms. The van der Waals surface area contributed by atoms with E-state index in [0.29, 0.717) is 19.8 Å². The Morgan fingerprint density at radius 2 is 2.27 bits per heavy atom. The topological polar surface area (TPSA) is 38.8 Å². The smallest absolute Gasteiger partial charge is 0.323 e. The fourth-order valence-corrected chi connectivity index (χ4v) is 1.98. The first kappa shape index (κ1) is 12.5. The monoisotopic (exact) mass is 215 g/mol. The zero-order valence-corrected chi connectivity index (χ0v) is 10.1. The lowest BCUT2D eigenvalue weighted by atomic mass is 10.00. The molecule has 1 unspecified atom stereocenters. The molecule has 0 bridgehead atoms.